The van der Waals surface area contributed by atoms with Gasteiger partial charge >= 0.3 is 5.97 Å². The number of carbonyl (C=O) groups excluding carboxylic acids is 1. The summed E-state index contributed by atoms with van der Waals surface area (Å²) >= 11 is 0. The molecule has 0 aliphatic carbocycles. The Labute approximate surface area is 150 Å². The first-order chi connectivity index (χ1) is 12.1. The molecule has 0 radical (unpaired) electrons. The number of nitrogens with zero attached hydrogens (tertiary/aromatic N) is 1. The number of unbranched alkanes of at least 4 members (excludes halogenated alkanes) is 2. The molecule has 3 saturated heterocycles. The van der Waals surface area contributed by atoms with Crippen molar-refractivity contribution in [3.63, 3.8) is 0 Å². The molecule has 0 amide bonds. The summed E-state index contributed by atoms with van der Waals surface area (Å²) in [6, 6.07) is 9.11. The lowest BCUT2D eigenvalue weighted by Gasteiger charge is -2.44. The SMILES string of the molecule is CCCC/C=C/C(O)(C(=O)OC1CN2CCC1CC2)c1ccccc1. The van der Waals surface area contributed by atoms with E-state index in [0.717, 1.165) is 51.7 Å². The summed E-state index contributed by atoms with van der Waals surface area (Å²) in [6.07, 6.45) is 8.53. The number of hydrogen-bond donors (Lipinski definition) is 1. The number of rotatable bonds is 7. The van der Waals surface area contributed by atoms with Crippen LogP contribution in [-0.2, 0) is 15.1 Å². The fraction of sp³-hybridized carbons (Fsp3) is 0.571. The van der Waals surface area contributed by atoms with Crippen molar-refractivity contribution in [2.45, 2.75) is 50.7 Å². The maximum atomic E-state index is 12.9. The van der Waals surface area contributed by atoms with E-state index in [1.54, 1.807) is 18.2 Å². The van der Waals surface area contributed by atoms with Gasteiger partial charge in [-0.25, -0.2) is 4.79 Å². The van der Waals surface area contributed by atoms with E-state index in [0.29, 0.717) is 11.5 Å². The number of benzene rings is 1. The minimum absolute atomic E-state index is 0.103. The Balaban J connectivity index is 1.76. The van der Waals surface area contributed by atoms with Crippen molar-refractivity contribution in [1.29, 1.82) is 0 Å². The van der Waals surface area contributed by atoms with Gasteiger partial charge in [0.2, 0.25) is 5.60 Å². The maximum Gasteiger partial charge on any atom is 0.347 e. The standard InChI is InChI=1S/C21H29NO3/c1-2-3-4-8-13-21(24,18-9-6-5-7-10-18)20(23)25-19-16-22-14-11-17(19)12-15-22/h5-10,13,17,19,24H,2-4,11-12,14-16H2,1H3/b13-8+. The van der Waals surface area contributed by atoms with Crippen LogP contribution in [0.3, 0.4) is 0 Å². The van der Waals surface area contributed by atoms with Gasteiger partial charge in [0.05, 0.1) is 0 Å². The van der Waals surface area contributed by atoms with E-state index in [1.165, 1.54) is 0 Å². The quantitative estimate of drug-likeness (QED) is 0.469. The normalized spacial score (nSPS) is 28.0. The molecule has 3 fully saturated rings. The number of piperidine rings is 3. The second kappa shape index (κ2) is 8.15. The smallest absolute Gasteiger partial charge is 0.347 e. The van der Waals surface area contributed by atoms with Crippen LogP contribution in [0, 0.1) is 5.92 Å². The minimum Gasteiger partial charge on any atom is -0.458 e. The van der Waals surface area contributed by atoms with Gasteiger partial charge in [-0.1, -0.05) is 56.2 Å². The molecule has 4 rings (SSSR count). The molecule has 0 saturated carbocycles. The molecule has 0 spiro atoms. The van der Waals surface area contributed by atoms with Gasteiger partial charge in [0.15, 0.2) is 0 Å². The molecular weight excluding hydrogens is 314 g/mol. The zero-order chi connectivity index (χ0) is 17.7. The van der Waals surface area contributed by atoms with E-state index in [2.05, 4.69) is 11.8 Å². The number of fused-ring (bicyclic) bond motifs is 3. The molecule has 3 aliphatic heterocycles. The average Bonchev–Trinajstić information content (AvgIpc) is 2.66. The molecule has 2 atom stereocenters. The molecule has 4 heteroatoms. The van der Waals surface area contributed by atoms with Crippen molar-refractivity contribution in [3.8, 4) is 0 Å². The van der Waals surface area contributed by atoms with Gasteiger partial charge in [-0.05, 0) is 49.9 Å². The molecule has 4 nitrogen and oxygen atoms in total. The van der Waals surface area contributed by atoms with Crippen LogP contribution in [0.2, 0.25) is 0 Å². The second-order valence-corrected chi connectivity index (χ2v) is 7.26. The lowest BCUT2D eigenvalue weighted by Crippen LogP contribution is -2.53. The molecule has 2 unspecified atom stereocenters. The van der Waals surface area contributed by atoms with Gasteiger partial charge in [0, 0.05) is 6.54 Å². The Morgan fingerprint density at radius 1 is 1.32 bits per heavy atom. The Bertz CT molecular complexity index is 592. The minimum atomic E-state index is -1.71. The summed E-state index contributed by atoms with van der Waals surface area (Å²) in [5, 5.41) is 11.2. The molecular formula is C21H29NO3. The van der Waals surface area contributed by atoms with Gasteiger partial charge in [0.1, 0.15) is 6.10 Å². The first-order valence-electron chi connectivity index (χ1n) is 9.52. The summed E-state index contributed by atoms with van der Waals surface area (Å²) in [5.74, 6) is -0.122. The highest BCUT2D eigenvalue weighted by Gasteiger charge is 2.42. The number of esters is 1. The third kappa shape index (κ3) is 4.13. The number of allylic oxidation sites excluding steroid dienone is 1. The molecule has 3 heterocycles. The van der Waals surface area contributed by atoms with Crippen molar-refractivity contribution < 1.29 is 14.6 Å². The Kier molecular flexibility index (Phi) is 5.92. The van der Waals surface area contributed by atoms with E-state index in [-0.39, 0.29) is 6.10 Å². The fourth-order valence-electron chi connectivity index (χ4n) is 3.82. The third-order valence-corrected chi connectivity index (χ3v) is 5.46. The Morgan fingerprint density at radius 2 is 2.04 bits per heavy atom. The van der Waals surface area contributed by atoms with Crippen LogP contribution in [0.1, 0.15) is 44.6 Å². The van der Waals surface area contributed by atoms with Crippen LogP contribution >= 0.6 is 0 Å². The summed E-state index contributed by atoms with van der Waals surface area (Å²) in [4.78, 5) is 15.3. The zero-order valence-electron chi connectivity index (χ0n) is 15.1. The average molecular weight is 343 g/mol. The van der Waals surface area contributed by atoms with Crippen molar-refractivity contribution in [2.75, 3.05) is 19.6 Å². The first-order valence-corrected chi connectivity index (χ1v) is 9.52. The van der Waals surface area contributed by atoms with Crippen molar-refractivity contribution in [1.82, 2.24) is 4.90 Å². The highest BCUT2D eigenvalue weighted by molar-refractivity contribution is 5.83. The van der Waals surface area contributed by atoms with E-state index in [4.69, 9.17) is 4.74 Å². The summed E-state index contributed by atoms with van der Waals surface area (Å²) in [6.45, 7) is 5.11. The lowest BCUT2D eigenvalue weighted by atomic mass is 9.85. The largest absolute Gasteiger partial charge is 0.458 e. The first kappa shape index (κ1) is 18.2. The van der Waals surface area contributed by atoms with Gasteiger partial charge in [-0.2, -0.15) is 0 Å². The predicted molar refractivity (Wildman–Crippen MR) is 98.0 cm³/mol. The van der Waals surface area contributed by atoms with Gasteiger partial charge in [-0.3, -0.25) is 4.90 Å². The summed E-state index contributed by atoms with van der Waals surface area (Å²) in [5.41, 5.74) is -1.14. The topological polar surface area (TPSA) is 49.8 Å². The van der Waals surface area contributed by atoms with Crippen LogP contribution in [0.25, 0.3) is 0 Å². The zero-order valence-corrected chi connectivity index (χ0v) is 15.1. The number of aliphatic hydroxyl groups is 1. The molecule has 136 valence electrons. The van der Waals surface area contributed by atoms with Crippen molar-refractivity contribution in [3.05, 3.63) is 48.0 Å². The summed E-state index contributed by atoms with van der Waals surface area (Å²) < 4.78 is 5.82. The van der Waals surface area contributed by atoms with E-state index in [9.17, 15) is 9.90 Å². The van der Waals surface area contributed by atoms with Crippen LogP contribution in [-0.4, -0.2) is 41.7 Å². The highest BCUT2D eigenvalue weighted by atomic mass is 16.6. The van der Waals surface area contributed by atoms with Crippen molar-refractivity contribution >= 4 is 5.97 Å². The molecule has 0 aromatic heterocycles. The number of ether oxygens (including phenoxy) is 1. The van der Waals surface area contributed by atoms with Crippen LogP contribution in [0.5, 0.6) is 0 Å². The monoisotopic (exact) mass is 343 g/mol. The molecule has 1 aromatic rings. The number of hydrogen-bond acceptors (Lipinski definition) is 4. The lowest BCUT2D eigenvalue weighted by molar-refractivity contribution is -0.176. The molecule has 1 aromatic carbocycles. The highest BCUT2D eigenvalue weighted by Crippen LogP contribution is 2.32. The predicted octanol–water partition coefficient (Wildman–Crippen LogP) is 3.26. The fourth-order valence-corrected chi connectivity index (χ4v) is 3.82. The number of carbonyl (C=O) groups is 1. The van der Waals surface area contributed by atoms with Crippen LogP contribution in [0.15, 0.2) is 42.5 Å². The van der Waals surface area contributed by atoms with Gasteiger partial charge < -0.3 is 9.84 Å². The molecule has 1 N–H and O–H groups in total. The van der Waals surface area contributed by atoms with Crippen LogP contribution in [0.4, 0.5) is 0 Å². The maximum absolute atomic E-state index is 12.9. The van der Waals surface area contributed by atoms with Gasteiger partial charge in [-0.15, -0.1) is 0 Å². The van der Waals surface area contributed by atoms with E-state index >= 15 is 0 Å². The molecule has 2 bridgehead atoms. The van der Waals surface area contributed by atoms with E-state index < -0.39 is 11.6 Å². The van der Waals surface area contributed by atoms with Crippen molar-refractivity contribution in [2.24, 2.45) is 5.92 Å². The Morgan fingerprint density at radius 3 is 2.64 bits per heavy atom. The molecule has 25 heavy (non-hydrogen) atoms. The third-order valence-electron chi connectivity index (χ3n) is 5.46. The second-order valence-electron chi connectivity index (χ2n) is 7.26. The van der Waals surface area contributed by atoms with E-state index in [1.807, 2.05) is 24.3 Å². The summed E-state index contributed by atoms with van der Waals surface area (Å²) in [7, 11) is 0. The Hall–Kier alpha value is -1.65. The molecule has 3 aliphatic rings. The van der Waals surface area contributed by atoms with Gasteiger partial charge in [0.25, 0.3) is 0 Å². The van der Waals surface area contributed by atoms with Crippen LogP contribution < -0.4 is 0 Å².